The minimum Gasteiger partial charge on any atom is -0.328 e. The average Bonchev–Trinajstić information content (AvgIpc) is 2.29. The van der Waals surface area contributed by atoms with Crippen molar-refractivity contribution in [2.24, 2.45) is 5.73 Å². The predicted octanol–water partition coefficient (Wildman–Crippen LogP) is 2.09. The Hall–Kier alpha value is -0.930. The largest absolute Gasteiger partial charge is 0.328 e. The van der Waals surface area contributed by atoms with Crippen LogP contribution in [0.1, 0.15) is 36.8 Å². The van der Waals surface area contributed by atoms with Crippen LogP contribution >= 0.6 is 0 Å². The number of pyridine rings is 1. The third-order valence-corrected chi connectivity index (χ3v) is 3.73. The van der Waals surface area contributed by atoms with E-state index in [1.54, 1.807) is 0 Å². The standard InChI is InChI=1S/C14H23N3/c1-11-7-12(9-16-8-11)10-17(2)14-5-3-13(15)4-6-14/h7-9,13-14H,3-6,10,15H2,1-2H3. The molecule has 1 aromatic rings. The van der Waals surface area contributed by atoms with Gasteiger partial charge in [0.1, 0.15) is 0 Å². The van der Waals surface area contributed by atoms with Crippen molar-refractivity contribution in [3.8, 4) is 0 Å². The highest BCUT2D eigenvalue weighted by Gasteiger charge is 2.21. The van der Waals surface area contributed by atoms with Crippen molar-refractivity contribution >= 4 is 0 Å². The summed E-state index contributed by atoms with van der Waals surface area (Å²) in [5.41, 5.74) is 8.49. The van der Waals surface area contributed by atoms with Crippen molar-refractivity contribution in [3.05, 3.63) is 29.6 Å². The Morgan fingerprint density at radius 3 is 2.65 bits per heavy atom. The second-order valence-electron chi connectivity index (χ2n) is 5.35. The summed E-state index contributed by atoms with van der Waals surface area (Å²) in [6.45, 7) is 3.09. The second-order valence-corrected chi connectivity index (χ2v) is 5.35. The van der Waals surface area contributed by atoms with E-state index in [1.165, 1.54) is 36.8 Å². The van der Waals surface area contributed by atoms with E-state index >= 15 is 0 Å². The summed E-state index contributed by atoms with van der Waals surface area (Å²) in [6, 6.07) is 3.34. The van der Waals surface area contributed by atoms with Crippen LogP contribution in [0.5, 0.6) is 0 Å². The molecule has 1 heterocycles. The molecular formula is C14H23N3. The van der Waals surface area contributed by atoms with Crippen molar-refractivity contribution in [3.63, 3.8) is 0 Å². The van der Waals surface area contributed by atoms with Gasteiger partial charge in [-0.1, -0.05) is 6.07 Å². The van der Waals surface area contributed by atoms with Crippen molar-refractivity contribution in [2.45, 2.75) is 51.2 Å². The van der Waals surface area contributed by atoms with Gasteiger partial charge in [0.15, 0.2) is 0 Å². The van der Waals surface area contributed by atoms with Gasteiger partial charge in [0, 0.05) is 31.0 Å². The second kappa shape index (κ2) is 5.61. The quantitative estimate of drug-likeness (QED) is 0.869. The SMILES string of the molecule is Cc1cncc(CN(C)C2CCC(N)CC2)c1. The molecule has 1 aliphatic carbocycles. The van der Waals surface area contributed by atoms with E-state index in [0.29, 0.717) is 12.1 Å². The number of hydrogen-bond acceptors (Lipinski definition) is 3. The normalized spacial score (nSPS) is 25.2. The van der Waals surface area contributed by atoms with Crippen LogP contribution in [-0.2, 0) is 6.54 Å². The average molecular weight is 233 g/mol. The smallest absolute Gasteiger partial charge is 0.0313 e. The monoisotopic (exact) mass is 233 g/mol. The first-order valence-corrected chi connectivity index (χ1v) is 6.51. The Bertz CT molecular complexity index is 356. The molecule has 0 radical (unpaired) electrons. The van der Waals surface area contributed by atoms with E-state index < -0.39 is 0 Å². The van der Waals surface area contributed by atoms with Crippen LogP contribution in [0.25, 0.3) is 0 Å². The molecule has 0 atom stereocenters. The molecule has 1 aromatic heterocycles. The lowest BCUT2D eigenvalue weighted by atomic mass is 9.91. The first kappa shape index (κ1) is 12.5. The zero-order valence-corrected chi connectivity index (χ0v) is 10.9. The molecule has 1 aliphatic rings. The number of aryl methyl sites for hydroxylation is 1. The lowest BCUT2D eigenvalue weighted by Crippen LogP contribution is -2.38. The first-order valence-electron chi connectivity index (χ1n) is 6.51. The molecule has 17 heavy (non-hydrogen) atoms. The van der Waals surface area contributed by atoms with Crippen molar-refractivity contribution in [1.82, 2.24) is 9.88 Å². The Morgan fingerprint density at radius 1 is 1.29 bits per heavy atom. The van der Waals surface area contributed by atoms with Crippen LogP contribution in [0, 0.1) is 6.92 Å². The zero-order valence-electron chi connectivity index (χ0n) is 10.9. The van der Waals surface area contributed by atoms with E-state index in [2.05, 4.69) is 29.9 Å². The van der Waals surface area contributed by atoms with Gasteiger partial charge in [-0.2, -0.15) is 0 Å². The minimum atomic E-state index is 0.431. The lowest BCUT2D eigenvalue weighted by Gasteiger charge is -2.33. The topological polar surface area (TPSA) is 42.2 Å². The Morgan fingerprint density at radius 2 is 2.00 bits per heavy atom. The predicted molar refractivity (Wildman–Crippen MR) is 70.7 cm³/mol. The van der Waals surface area contributed by atoms with Gasteiger partial charge < -0.3 is 5.73 Å². The van der Waals surface area contributed by atoms with Gasteiger partial charge in [0.25, 0.3) is 0 Å². The maximum absolute atomic E-state index is 5.94. The molecule has 0 aromatic carbocycles. The molecule has 2 N–H and O–H groups in total. The van der Waals surface area contributed by atoms with Crippen LogP contribution in [0.15, 0.2) is 18.5 Å². The van der Waals surface area contributed by atoms with Gasteiger partial charge in [-0.15, -0.1) is 0 Å². The van der Waals surface area contributed by atoms with Gasteiger partial charge in [-0.05, 0) is 50.8 Å². The highest BCUT2D eigenvalue weighted by Crippen LogP contribution is 2.22. The Balaban J connectivity index is 1.90. The van der Waals surface area contributed by atoms with Gasteiger partial charge >= 0.3 is 0 Å². The summed E-state index contributed by atoms with van der Waals surface area (Å²) in [6.07, 6.45) is 8.68. The number of rotatable bonds is 3. The van der Waals surface area contributed by atoms with Gasteiger partial charge in [0.2, 0.25) is 0 Å². The minimum absolute atomic E-state index is 0.431. The summed E-state index contributed by atoms with van der Waals surface area (Å²) in [4.78, 5) is 6.69. The molecule has 0 bridgehead atoms. The van der Waals surface area contributed by atoms with Crippen LogP contribution in [0.3, 0.4) is 0 Å². The molecule has 94 valence electrons. The molecule has 0 spiro atoms. The number of hydrogen-bond donors (Lipinski definition) is 1. The summed E-state index contributed by atoms with van der Waals surface area (Å²) in [5, 5.41) is 0. The molecule has 2 rings (SSSR count). The van der Waals surface area contributed by atoms with Crippen LogP contribution in [0.4, 0.5) is 0 Å². The van der Waals surface area contributed by atoms with E-state index in [0.717, 1.165) is 6.54 Å². The van der Waals surface area contributed by atoms with Gasteiger partial charge in [-0.3, -0.25) is 9.88 Å². The summed E-state index contributed by atoms with van der Waals surface area (Å²) < 4.78 is 0. The maximum Gasteiger partial charge on any atom is 0.0313 e. The maximum atomic E-state index is 5.94. The summed E-state index contributed by atoms with van der Waals surface area (Å²) in [5.74, 6) is 0. The van der Waals surface area contributed by atoms with Gasteiger partial charge in [0.05, 0.1) is 0 Å². The summed E-state index contributed by atoms with van der Waals surface area (Å²) in [7, 11) is 2.21. The Kier molecular flexibility index (Phi) is 4.13. The fourth-order valence-corrected chi connectivity index (χ4v) is 2.66. The molecule has 0 amide bonds. The first-order chi connectivity index (χ1) is 8.15. The lowest BCUT2D eigenvalue weighted by molar-refractivity contribution is 0.176. The molecule has 1 saturated carbocycles. The number of nitrogens with two attached hydrogens (primary N) is 1. The van der Waals surface area contributed by atoms with Crippen LogP contribution < -0.4 is 5.73 Å². The molecule has 3 heteroatoms. The van der Waals surface area contributed by atoms with E-state index in [-0.39, 0.29) is 0 Å². The van der Waals surface area contributed by atoms with E-state index in [4.69, 9.17) is 5.73 Å². The highest BCUT2D eigenvalue weighted by atomic mass is 15.1. The van der Waals surface area contributed by atoms with Crippen molar-refractivity contribution in [2.75, 3.05) is 7.05 Å². The van der Waals surface area contributed by atoms with Gasteiger partial charge in [-0.25, -0.2) is 0 Å². The van der Waals surface area contributed by atoms with E-state index in [9.17, 15) is 0 Å². The number of nitrogens with zero attached hydrogens (tertiary/aromatic N) is 2. The third-order valence-electron chi connectivity index (χ3n) is 3.73. The molecule has 3 nitrogen and oxygen atoms in total. The molecule has 0 aliphatic heterocycles. The molecule has 0 saturated heterocycles. The fourth-order valence-electron chi connectivity index (χ4n) is 2.66. The number of aromatic nitrogens is 1. The van der Waals surface area contributed by atoms with Crippen LogP contribution in [0.2, 0.25) is 0 Å². The molecular weight excluding hydrogens is 210 g/mol. The van der Waals surface area contributed by atoms with Crippen molar-refractivity contribution in [1.29, 1.82) is 0 Å². The van der Waals surface area contributed by atoms with Crippen molar-refractivity contribution < 1.29 is 0 Å². The Labute approximate surface area is 104 Å². The molecule has 1 fully saturated rings. The summed E-state index contributed by atoms with van der Waals surface area (Å²) >= 11 is 0. The third kappa shape index (κ3) is 3.51. The van der Waals surface area contributed by atoms with E-state index in [1.807, 2.05) is 12.4 Å². The molecule has 0 unspecified atom stereocenters. The zero-order chi connectivity index (χ0) is 12.3. The van der Waals surface area contributed by atoms with Crippen LogP contribution in [-0.4, -0.2) is 29.0 Å². The highest BCUT2D eigenvalue weighted by molar-refractivity contribution is 5.16. The fraction of sp³-hybridized carbons (Fsp3) is 0.643.